The van der Waals surface area contributed by atoms with E-state index < -0.39 is 5.82 Å². The van der Waals surface area contributed by atoms with Gasteiger partial charge in [-0.1, -0.05) is 18.8 Å². The van der Waals surface area contributed by atoms with Gasteiger partial charge in [-0.3, -0.25) is 14.5 Å². The number of nitrogens with two attached hydrogens (primary N) is 1. The maximum atomic E-state index is 13.9. The Morgan fingerprint density at radius 3 is 2.62 bits per heavy atom. The Morgan fingerprint density at radius 2 is 2.00 bits per heavy atom. The first-order chi connectivity index (χ1) is 10.0. The highest BCUT2D eigenvalue weighted by atomic mass is 19.1. The monoisotopic (exact) mass is 288 g/mol. The lowest BCUT2D eigenvalue weighted by atomic mass is 9.97. The van der Waals surface area contributed by atoms with Gasteiger partial charge in [-0.2, -0.15) is 0 Å². The molecular weight excluding hydrogens is 271 g/mol. The largest absolute Gasteiger partial charge is 0.320 e. The van der Waals surface area contributed by atoms with E-state index in [0.29, 0.717) is 18.4 Å². The molecule has 1 aromatic carbocycles. The third kappa shape index (κ3) is 3.67. The molecule has 1 saturated heterocycles. The Labute approximate surface area is 123 Å². The summed E-state index contributed by atoms with van der Waals surface area (Å²) in [6.07, 6.45) is 0.639. The predicted molar refractivity (Wildman–Crippen MR) is 76.3 cm³/mol. The van der Waals surface area contributed by atoms with Gasteiger partial charge in [0.25, 0.3) is 0 Å². The van der Waals surface area contributed by atoms with Crippen molar-refractivity contribution in [2.75, 3.05) is 6.54 Å². The number of benzene rings is 1. The number of hydrogen-bond acceptors (Lipinski definition) is 3. The van der Waals surface area contributed by atoms with E-state index in [1.54, 1.807) is 12.1 Å². The van der Waals surface area contributed by atoms with Crippen LogP contribution >= 0.6 is 0 Å². The van der Waals surface area contributed by atoms with Crippen LogP contribution in [-0.4, -0.2) is 23.3 Å². The number of nitrogens with zero attached hydrogens (tertiary/aromatic N) is 1. The smallest absolute Gasteiger partial charge is 0.229 e. The molecule has 0 unspecified atom stereocenters. The average Bonchev–Trinajstić information content (AvgIpc) is 2.43. The third-order valence-electron chi connectivity index (χ3n) is 3.36. The van der Waals surface area contributed by atoms with E-state index in [1.807, 2.05) is 6.92 Å². The van der Waals surface area contributed by atoms with Gasteiger partial charge in [0.15, 0.2) is 0 Å². The second-order valence-corrected chi connectivity index (χ2v) is 5.20. The van der Waals surface area contributed by atoms with Gasteiger partial charge < -0.3 is 5.73 Å². The molecule has 2 N–H and O–H groups in total. The zero-order valence-corrected chi connectivity index (χ0v) is 11.9. The number of imide groups is 1. The molecule has 1 fully saturated rings. The normalized spacial score (nSPS) is 15.9. The van der Waals surface area contributed by atoms with Gasteiger partial charge in [-0.15, -0.1) is 0 Å². The summed E-state index contributed by atoms with van der Waals surface area (Å²) in [6, 6.07) is 4.39. The minimum atomic E-state index is -0.451. The fraction of sp³-hybridized carbons (Fsp3) is 0.375. The molecule has 1 heterocycles. The van der Waals surface area contributed by atoms with E-state index in [4.69, 9.17) is 5.73 Å². The topological polar surface area (TPSA) is 63.4 Å². The van der Waals surface area contributed by atoms with E-state index in [9.17, 15) is 14.0 Å². The van der Waals surface area contributed by atoms with Crippen LogP contribution in [0.1, 0.15) is 30.9 Å². The van der Waals surface area contributed by atoms with Crippen molar-refractivity contribution in [1.29, 1.82) is 0 Å². The summed E-state index contributed by atoms with van der Waals surface area (Å²) in [4.78, 5) is 25.0. The minimum Gasteiger partial charge on any atom is -0.320 e. The SMILES string of the molecule is CC1CC(=O)N(Cc2cc(C#CCN)ccc2F)C(=O)C1. The Bertz CT molecular complexity index is 613. The van der Waals surface area contributed by atoms with Gasteiger partial charge >= 0.3 is 0 Å². The zero-order valence-electron chi connectivity index (χ0n) is 11.9. The number of carbonyl (C=O) groups is 2. The Hall–Kier alpha value is -2.19. The molecule has 0 atom stereocenters. The van der Waals surface area contributed by atoms with Crippen molar-refractivity contribution >= 4 is 11.8 Å². The molecular formula is C16H17FN2O2. The molecule has 5 heteroatoms. The van der Waals surface area contributed by atoms with E-state index in [2.05, 4.69) is 11.8 Å². The van der Waals surface area contributed by atoms with E-state index in [-0.39, 0.29) is 36.4 Å². The molecule has 21 heavy (non-hydrogen) atoms. The highest BCUT2D eigenvalue weighted by Crippen LogP contribution is 2.22. The van der Waals surface area contributed by atoms with Crippen LogP contribution in [0.2, 0.25) is 0 Å². The summed E-state index contributed by atoms with van der Waals surface area (Å²) in [5, 5.41) is 0. The molecule has 0 saturated carbocycles. The van der Waals surface area contributed by atoms with Crippen LogP contribution in [0, 0.1) is 23.6 Å². The van der Waals surface area contributed by atoms with E-state index in [0.717, 1.165) is 4.90 Å². The van der Waals surface area contributed by atoms with Crippen molar-refractivity contribution in [3.8, 4) is 11.8 Å². The van der Waals surface area contributed by atoms with Gasteiger partial charge in [0.1, 0.15) is 5.82 Å². The maximum absolute atomic E-state index is 13.9. The highest BCUT2D eigenvalue weighted by Gasteiger charge is 2.30. The van der Waals surface area contributed by atoms with Crippen molar-refractivity contribution in [2.45, 2.75) is 26.3 Å². The predicted octanol–water partition coefficient (Wildman–Crippen LogP) is 1.42. The van der Waals surface area contributed by atoms with Gasteiger partial charge in [-0.05, 0) is 24.1 Å². The van der Waals surface area contributed by atoms with Crippen LogP contribution in [0.15, 0.2) is 18.2 Å². The molecule has 0 bridgehead atoms. The molecule has 2 rings (SSSR count). The lowest BCUT2D eigenvalue weighted by Gasteiger charge is -2.28. The Morgan fingerprint density at radius 1 is 1.33 bits per heavy atom. The molecule has 2 amide bonds. The molecule has 0 aromatic heterocycles. The standard InChI is InChI=1S/C16H17FN2O2/c1-11-7-15(20)19(16(21)8-11)10-13-9-12(3-2-6-18)4-5-14(13)17/h4-5,9,11H,6-8,10,18H2,1H3. The number of amides is 2. The lowest BCUT2D eigenvalue weighted by molar-refractivity contribution is -0.150. The van der Waals surface area contributed by atoms with Crippen molar-refractivity contribution < 1.29 is 14.0 Å². The molecule has 0 aliphatic carbocycles. The van der Waals surface area contributed by atoms with Crippen molar-refractivity contribution in [2.24, 2.45) is 11.7 Å². The number of hydrogen-bond donors (Lipinski definition) is 1. The van der Waals surface area contributed by atoms with Crippen molar-refractivity contribution in [3.05, 3.63) is 35.1 Å². The number of rotatable bonds is 2. The highest BCUT2D eigenvalue weighted by molar-refractivity contribution is 5.97. The summed E-state index contributed by atoms with van der Waals surface area (Å²) in [5.74, 6) is 4.59. The van der Waals surface area contributed by atoms with Gasteiger partial charge in [0.05, 0.1) is 13.1 Å². The van der Waals surface area contributed by atoms with E-state index >= 15 is 0 Å². The van der Waals surface area contributed by atoms with Crippen molar-refractivity contribution in [1.82, 2.24) is 4.90 Å². The molecule has 0 radical (unpaired) electrons. The third-order valence-corrected chi connectivity index (χ3v) is 3.36. The van der Waals surface area contributed by atoms with Gasteiger partial charge in [0.2, 0.25) is 11.8 Å². The Kier molecular flexibility index (Phi) is 4.71. The van der Waals surface area contributed by atoms with Gasteiger partial charge in [-0.25, -0.2) is 4.39 Å². The van der Waals surface area contributed by atoms with Crippen molar-refractivity contribution in [3.63, 3.8) is 0 Å². The molecule has 4 nitrogen and oxygen atoms in total. The summed E-state index contributed by atoms with van der Waals surface area (Å²) in [7, 11) is 0. The van der Waals surface area contributed by atoms with Gasteiger partial charge in [0, 0.05) is 24.0 Å². The fourth-order valence-corrected chi connectivity index (χ4v) is 2.30. The minimum absolute atomic E-state index is 0.0473. The van der Waals surface area contributed by atoms with Crippen LogP contribution < -0.4 is 5.73 Å². The zero-order chi connectivity index (χ0) is 15.4. The second-order valence-electron chi connectivity index (χ2n) is 5.20. The number of piperidine rings is 1. The summed E-state index contributed by atoms with van der Waals surface area (Å²) < 4.78 is 13.9. The second kappa shape index (κ2) is 6.51. The first-order valence-corrected chi connectivity index (χ1v) is 6.82. The summed E-state index contributed by atoms with van der Waals surface area (Å²) in [6.45, 7) is 2.03. The molecule has 1 aromatic rings. The number of likely N-dealkylation sites (tertiary alicyclic amines) is 1. The quantitative estimate of drug-likeness (QED) is 0.661. The summed E-state index contributed by atoms with van der Waals surface area (Å²) >= 11 is 0. The average molecular weight is 288 g/mol. The fourth-order valence-electron chi connectivity index (χ4n) is 2.30. The van der Waals surface area contributed by atoms with Crippen LogP contribution in [0.5, 0.6) is 0 Å². The lowest BCUT2D eigenvalue weighted by Crippen LogP contribution is -2.42. The molecule has 0 spiro atoms. The van der Waals surface area contributed by atoms with Crippen LogP contribution in [0.3, 0.4) is 0 Å². The first-order valence-electron chi connectivity index (χ1n) is 6.82. The summed E-state index contributed by atoms with van der Waals surface area (Å²) in [5.41, 5.74) is 6.20. The maximum Gasteiger partial charge on any atom is 0.229 e. The Balaban J connectivity index is 2.22. The molecule has 110 valence electrons. The van der Waals surface area contributed by atoms with Crippen LogP contribution in [0.25, 0.3) is 0 Å². The molecule has 1 aliphatic heterocycles. The van der Waals surface area contributed by atoms with Crippen LogP contribution in [-0.2, 0) is 16.1 Å². The number of carbonyl (C=O) groups excluding carboxylic acids is 2. The van der Waals surface area contributed by atoms with E-state index in [1.165, 1.54) is 6.07 Å². The molecule has 1 aliphatic rings. The van der Waals surface area contributed by atoms with Crippen LogP contribution in [0.4, 0.5) is 4.39 Å². The number of halogens is 1. The first kappa shape index (κ1) is 15.2.